The van der Waals surface area contributed by atoms with Crippen LogP contribution in [0, 0.1) is 6.92 Å². The van der Waals surface area contributed by atoms with Gasteiger partial charge >= 0.3 is 0 Å². The summed E-state index contributed by atoms with van der Waals surface area (Å²) in [5.74, 6) is -0.659. The Morgan fingerprint density at radius 2 is 1.67 bits per heavy atom. The number of H-pyrrole nitrogens is 1. The zero-order chi connectivity index (χ0) is 25.0. The topological polar surface area (TPSA) is 103 Å². The molecule has 3 amide bonds. The number of amides is 3. The number of aryl methyl sites for hydroxylation is 1. The predicted octanol–water partition coefficient (Wildman–Crippen LogP) is 3.98. The maximum absolute atomic E-state index is 13.5. The van der Waals surface area contributed by atoms with Crippen molar-refractivity contribution in [2.45, 2.75) is 19.5 Å². The minimum absolute atomic E-state index is 0.0387. The first-order chi connectivity index (χ1) is 17.4. The Morgan fingerprint density at radius 1 is 0.917 bits per heavy atom. The Bertz CT molecular complexity index is 1640. The number of fused-ring (bicyclic) bond motifs is 6. The van der Waals surface area contributed by atoms with E-state index in [1.165, 1.54) is 6.07 Å². The second-order valence-electron chi connectivity index (χ2n) is 9.03. The van der Waals surface area contributed by atoms with Gasteiger partial charge < -0.3 is 15.2 Å². The monoisotopic (exact) mass is 478 g/mol. The molecular weight excluding hydrogens is 456 g/mol. The molecule has 6 rings (SSSR count). The van der Waals surface area contributed by atoms with Gasteiger partial charge in [-0.1, -0.05) is 36.4 Å². The van der Waals surface area contributed by atoms with Crippen molar-refractivity contribution in [1.29, 1.82) is 0 Å². The third kappa shape index (κ3) is 3.38. The molecule has 2 aliphatic rings. The largest absolute Gasteiger partial charge is 0.326 e. The normalized spacial score (nSPS) is 16.1. The lowest BCUT2D eigenvalue weighted by molar-refractivity contribution is -0.116. The first-order valence-electron chi connectivity index (χ1n) is 11.7. The van der Waals surface area contributed by atoms with E-state index in [9.17, 15) is 19.2 Å². The standard InChI is InChI=1S/C28H22N4O4/c1-16-14-25(34)30-22-15-17(10-11-18(16)22)29-24(33)12-13-31-26-19-6-2-3-7-20(19)28(36)32(26)23-9-5-4-8-21(23)27(31)35/h2-11,14-15,26H,12-13H2,1H3,(H,29,33)(H,30,34). The molecule has 8 nitrogen and oxygen atoms in total. The third-order valence-corrected chi connectivity index (χ3v) is 6.80. The Balaban J connectivity index is 1.27. The first kappa shape index (κ1) is 21.8. The fourth-order valence-corrected chi connectivity index (χ4v) is 5.16. The number of aromatic amines is 1. The number of benzene rings is 3. The summed E-state index contributed by atoms with van der Waals surface area (Å²) in [5, 5.41) is 3.75. The molecule has 0 aliphatic carbocycles. The number of hydrogen-bond donors (Lipinski definition) is 2. The molecule has 178 valence electrons. The highest BCUT2D eigenvalue weighted by Crippen LogP contribution is 2.45. The molecule has 2 N–H and O–H groups in total. The molecule has 1 atom stereocenters. The molecule has 0 bridgehead atoms. The summed E-state index contributed by atoms with van der Waals surface area (Å²) < 4.78 is 0. The van der Waals surface area contributed by atoms with Crippen molar-refractivity contribution in [3.8, 4) is 0 Å². The number of aromatic nitrogens is 1. The van der Waals surface area contributed by atoms with Gasteiger partial charge in [-0.25, -0.2) is 0 Å². The highest BCUT2D eigenvalue weighted by atomic mass is 16.2. The van der Waals surface area contributed by atoms with Gasteiger partial charge in [0.25, 0.3) is 11.8 Å². The van der Waals surface area contributed by atoms with E-state index in [4.69, 9.17) is 0 Å². The number of anilines is 2. The zero-order valence-electron chi connectivity index (χ0n) is 19.4. The van der Waals surface area contributed by atoms with Crippen LogP contribution < -0.4 is 15.8 Å². The van der Waals surface area contributed by atoms with Crippen molar-refractivity contribution in [3.63, 3.8) is 0 Å². The van der Waals surface area contributed by atoms with Gasteiger partial charge in [0.2, 0.25) is 11.5 Å². The van der Waals surface area contributed by atoms with E-state index in [0.717, 1.165) is 16.5 Å². The lowest BCUT2D eigenvalue weighted by atomic mass is 10.0. The number of carbonyl (C=O) groups excluding carboxylic acids is 3. The summed E-state index contributed by atoms with van der Waals surface area (Å²) in [7, 11) is 0. The van der Waals surface area contributed by atoms with Crippen molar-refractivity contribution in [3.05, 3.63) is 105 Å². The van der Waals surface area contributed by atoms with E-state index in [-0.39, 0.29) is 36.2 Å². The molecule has 0 spiro atoms. The van der Waals surface area contributed by atoms with Gasteiger partial charge in [0.05, 0.1) is 16.8 Å². The Morgan fingerprint density at radius 3 is 2.50 bits per heavy atom. The molecule has 4 aromatic rings. The van der Waals surface area contributed by atoms with Crippen LogP contribution in [0.15, 0.2) is 77.6 Å². The van der Waals surface area contributed by atoms with Crippen LogP contribution in [0.2, 0.25) is 0 Å². The van der Waals surface area contributed by atoms with E-state index >= 15 is 0 Å². The third-order valence-electron chi connectivity index (χ3n) is 6.80. The molecule has 0 fully saturated rings. The molecule has 1 aromatic heterocycles. The quantitative estimate of drug-likeness (QED) is 0.463. The van der Waals surface area contributed by atoms with E-state index < -0.39 is 6.17 Å². The molecule has 0 saturated heterocycles. The van der Waals surface area contributed by atoms with Gasteiger partial charge in [-0.2, -0.15) is 0 Å². The number of hydrogen-bond acceptors (Lipinski definition) is 4. The maximum Gasteiger partial charge on any atom is 0.260 e. The lowest BCUT2D eigenvalue weighted by Crippen LogP contribution is -2.48. The zero-order valence-corrected chi connectivity index (χ0v) is 19.4. The number of para-hydroxylation sites is 1. The smallest absolute Gasteiger partial charge is 0.260 e. The van der Waals surface area contributed by atoms with Gasteiger partial charge in [-0.15, -0.1) is 0 Å². The van der Waals surface area contributed by atoms with Crippen molar-refractivity contribution in [2.75, 3.05) is 16.8 Å². The Hall–Kier alpha value is -4.72. The average molecular weight is 479 g/mol. The van der Waals surface area contributed by atoms with Gasteiger partial charge in [0.15, 0.2) is 0 Å². The number of nitrogens with zero attached hydrogens (tertiary/aromatic N) is 2. The fraction of sp³-hybridized carbons (Fsp3) is 0.143. The van der Waals surface area contributed by atoms with Crippen LogP contribution in [-0.4, -0.2) is 34.2 Å². The van der Waals surface area contributed by atoms with Crippen molar-refractivity contribution in [2.24, 2.45) is 0 Å². The maximum atomic E-state index is 13.5. The van der Waals surface area contributed by atoms with E-state index in [2.05, 4.69) is 10.3 Å². The van der Waals surface area contributed by atoms with Crippen LogP contribution in [0.3, 0.4) is 0 Å². The van der Waals surface area contributed by atoms with Crippen LogP contribution in [0.25, 0.3) is 10.9 Å². The molecule has 3 aromatic carbocycles. The Kier molecular flexibility index (Phi) is 4.96. The number of pyridine rings is 1. The number of rotatable bonds is 4. The van der Waals surface area contributed by atoms with Crippen LogP contribution in [0.4, 0.5) is 11.4 Å². The summed E-state index contributed by atoms with van der Waals surface area (Å²) in [6.07, 6.45) is -0.561. The molecule has 36 heavy (non-hydrogen) atoms. The molecule has 2 aliphatic heterocycles. The van der Waals surface area contributed by atoms with E-state index in [1.54, 1.807) is 58.3 Å². The lowest BCUT2D eigenvalue weighted by Gasteiger charge is -2.40. The Labute approximate surface area is 206 Å². The summed E-state index contributed by atoms with van der Waals surface area (Å²) >= 11 is 0. The van der Waals surface area contributed by atoms with Crippen LogP contribution in [0.1, 0.15) is 44.4 Å². The molecule has 1 unspecified atom stereocenters. The van der Waals surface area contributed by atoms with Crippen LogP contribution in [0.5, 0.6) is 0 Å². The van der Waals surface area contributed by atoms with Crippen molar-refractivity contribution in [1.82, 2.24) is 9.88 Å². The van der Waals surface area contributed by atoms with Crippen molar-refractivity contribution < 1.29 is 14.4 Å². The van der Waals surface area contributed by atoms with Gasteiger partial charge in [-0.3, -0.25) is 24.1 Å². The minimum atomic E-state index is -0.599. The van der Waals surface area contributed by atoms with Crippen LogP contribution >= 0.6 is 0 Å². The average Bonchev–Trinajstić information content (AvgIpc) is 3.16. The minimum Gasteiger partial charge on any atom is -0.326 e. The summed E-state index contributed by atoms with van der Waals surface area (Å²) in [4.78, 5) is 57.5. The van der Waals surface area contributed by atoms with Gasteiger partial charge in [0, 0.05) is 41.2 Å². The number of nitrogens with one attached hydrogen (secondary N) is 2. The first-order valence-corrected chi connectivity index (χ1v) is 11.7. The van der Waals surface area contributed by atoms with E-state index in [1.807, 2.05) is 25.1 Å². The predicted molar refractivity (Wildman–Crippen MR) is 136 cm³/mol. The summed E-state index contributed by atoms with van der Waals surface area (Å²) in [5.41, 5.74) is 4.15. The van der Waals surface area contributed by atoms with Gasteiger partial charge in [0.1, 0.15) is 6.17 Å². The van der Waals surface area contributed by atoms with Gasteiger partial charge in [-0.05, 0) is 42.8 Å². The summed E-state index contributed by atoms with van der Waals surface area (Å²) in [6.45, 7) is 1.99. The molecular formula is C28H22N4O4. The molecule has 3 heterocycles. The SMILES string of the molecule is Cc1cc(=O)[nH]c2cc(NC(=O)CCN3C(=O)c4ccccc4N4C(=O)c5ccccc5C34)ccc12. The highest BCUT2D eigenvalue weighted by molar-refractivity contribution is 6.16. The molecule has 0 saturated carbocycles. The van der Waals surface area contributed by atoms with Crippen LogP contribution in [-0.2, 0) is 4.79 Å². The highest BCUT2D eigenvalue weighted by Gasteiger charge is 2.47. The summed E-state index contributed by atoms with van der Waals surface area (Å²) in [6, 6.07) is 21.2. The molecule has 0 radical (unpaired) electrons. The number of carbonyl (C=O) groups is 3. The fourth-order valence-electron chi connectivity index (χ4n) is 5.16. The second-order valence-corrected chi connectivity index (χ2v) is 9.03. The second kappa shape index (κ2) is 8.20. The van der Waals surface area contributed by atoms with E-state index in [0.29, 0.717) is 28.0 Å². The molecule has 8 heteroatoms. The van der Waals surface area contributed by atoms with Crippen molar-refractivity contribution >= 4 is 40.0 Å².